The van der Waals surface area contributed by atoms with Crippen LogP contribution in [0.3, 0.4) is 0 Å². The molecule has 2 atom stereocenters. The van der Waals surface area contributed by atoms with Crippen LogP contribution in [0.15, 0.2) is 15.9 Å². The SMILES string of the molecule is O=C(NCc1ccc(Br)s1)N[C@H]1CCO[C@H]1C1CC1. The number of carbonyl (C=O) groups excluding carboxylic acids is 1. The third kappa shape index (κ3) is 3.49. The molecule has 6 heteroatoms. The summed E-state index contributed by atoms with van der Waals surface area (Å²) in [6, 6.07) is 4.10. The number of nitrogens with one attached hydrogen (secondary N) is 2. The molecular formula is C13H17BrN2O2S. The van der Waals surface area contributed by atoms with Gasteiger partial charge in [-0.05, 0) is 53.2 Å². The first-order valence-electron chi connectivity index (χ1n) is 6.62. The zero-order valence-electron chi connectivity index (χ0n) is 10.5. The van der Waals surface area contributed by atoms with E-state index in [-0.39, 0.29) is 18.2 Å². The summed E-state index contributed by atoms with van der Waals surface area (Å²) >= 11 is 5.05. The molecule has 1 aromatic heterocycles. The summed E-state index contributed by atoms with van der Waals surface area (Å²) in [5.41, 5.74) is 0. The number of amides is 2. The zero-order chi connectivity index (χ0) is 13.2. The molecule has 2 heterocycles. The fourth-order valence-corrected chi connectivity index (χ4v) is 3.91. The van der Waals surface area contributed by atoms with E-state index < -0.39 is 0 Å². The number of carbonyl (C=O) groups is 1. The van der Waals surface area contributed by atoms with Gasteiger partial charge in [0.2, 0.25) is 0 Å². The van der Waals surface area contributed by atoms with Crippen LogP contribution >= 0.6 is 27.3 Å². The molecule has 1 aliphatic carbocycles. The monoisotopic (exact) mass is 344 g/mol. The highest BCUT2D eigenvalue weighted by molar-refractivity contribution is 9.11. The fraction of sp³-hybridized carbons (Fsp3) is 0.615. The van der Waals surface area contributed by atoms with E-state index in [1.807, 2.05) is 12.1 Å². The van der Waals surface area contributed by atoms with Crippen LogP contribution in [0.2, 0.25) is 0 Å². The topological polar surface area (TPSA) is 50.4 Å². The van der Waals surface area contributed by atoms with E-state index in [4.69, 9.17) is 4.74 Å². The number of hydrogen-bond acceptors (Lipinski definition) is 3. The van der Waals surface area contributed by atoms with Crippen molar-refractivity contribution < 1.29 is 9.53 Å². The Bertz CT molecular complexity index is 461. The predicted molar refractivity (Wildman–Crippen MR) is 78.3 cm³/mol. The second-order valence-corrected chi connectivity index (χ2v) is 7.65. The molecule has 2 fully saturated rings. The molecule has 2 N–H and O–H groups in total. The number of rotatable bonds is 4. The summed E-state index contributed by atoms with van der Waals surface area (Å²) in [6.07, 6.45) is 3.65. The van der Waals surface area contributed by atoms with Crippen molar-refractivity contribution in [3.05, 3.63) is 20.8 Å². The lowest BCUT2D eigenvalue weighted by Gasteiger charge is -2.19. The minimum Gasteiger partial charge on any atom is -0.376 e. The maximum Gasteiger partial charge on any atom is 0.315 e. The summed E-state index contributed by atoms with van der Waals surface area (Å²) in [5.74, 6) is 0.668. The summed E-state index contributed by atoms with van der Waals surface area (Å²) in [4.78, 5) is 13.0. The molecule has 2 amide bonds. The van der Waals surface area contributed by atoms with Gasteiger partial charge in [0.05, 0.1) is 22.5 Å². The molecule has 19 heavy (non-hydrogen) atoms. The maximum absolute atomic E-state index is 11.9. The molecule has 0 unspecified atom stereocenters. The second-order valence-electron chi connectivity index (χ2n) is 5.10. The first kappa shape index (κ1) is 13.4. The molecule has 1 aromatic rings. The number of halogens is 1. The normalized spacial score (nSPS) is 26.4. The third-order valence-electron chi connectivity index (χ3n) is 3.59. The van der Waals surface area contributed by atoms with Gasteiger partial charge < -0.3 is 15.4 Å². The van der Waals surface area contributed by atoms with Crippen molar-refractivity contribution >= 4 is 33.3 Å². The van der Waals surface area contributed by atoms with Crippen molar-refractivity contribution in [1.29, 1.82) is 0 Å². The van der Waals surface area contributed by atoms with Crippen LogP contribution in [-0.4, -0.2) is 24.8 Å². The van der Waals surface area contributed by atoms with Crippen LogP contribution in [0.4, 0.5) is 4.79 Å². The van der Waals surface area contributed by atoms with E-state index in [0.29, 0.717) is 12.5 Å². The predicted octanol–water partition coefficient (Wildman–Crippen LogP) is 2.88. The van der Waals surface area contributed by atoms with Crippen molar-refractivity contribution in [3.8, 4) is 0 Å². The average Bonchev–Trinajstić information content (AvgIpc) is 2.99. The molecule has 1 saturated carbocycles. The Balaban J connectivity index is 1.45. The summed E-state index contributed by atoms with van der Waals surface area (Å²) < 4.78 is 6.80. The summed E-state index contributed by atoms with van der Waals surface area (Å²) in [5, 5.41) is 5.95. The molecule has 104 valence electrons. The number of thiophene rings is 1. The van der Waals surface area contributed by atoms with Crippen LogP contribution in [0, 0.1) is 5.92 Å². The third-order valence-corrected chi connectivity index (χ3v) is 5.21. The van der Waals surface area contributed by atoms with Gasteiger partial charge in [-0.3, -0.25) is 0 Å². The van der Waals surface area contributed by atoms with Crippen molar-refractivity contribution in [2.75, 3.05) is 6.61 Å². The van der Waals surface area contributed by atoms with Gasteiger partial charge in [0.1, 0.15) is 0 Å². The highest BCUT2D eigenvalue weighted by atomic mass is 79.9. The van der Waals surface area contributed by atoms with Crippen LogP contribution in [0.5, 0.6) is 0 Å². The van der Waals surface area contributed by atoms with E-state index in [2.05, 4.69) is 26.6 Å². The zero-order valence-corrected chi connectivity index (χ0v) is 12.9. The Morgan fingerprint density at radius 2 is 2.26 bits per heavy atom. The minimum absolute atomic E-state index is 0.0920. The average molecular weight is 345 g/mol. The number of ether oxygens (including phenoxy) is 1. The molecule has 0 spiro atoms. The fourth-order valence-electron chi connectivity index (χ4n) is 2.49. The van der Waals surface area contributed by atoms with Crippen LogP contribution in [0.25, 0.3) is 0 Å². The Morgan fingerprint density at radius 1 is 1.42 bits per heavy atom. The van der Waals surface area contributed by atoms with E-state index >= 15 is 0 Å². The Hall–Kier alpha value is -0.590. The number of urea groups is 1. The Kier molecular flexibility index (Phi) is 4.10. The molecule has 0 radical (unpaired) electrons. The lowest BCUT2D eigenvalue weighted by Crippen LogP contribution is -2.46. The van der Waals surface area contributed by atoms with Gasteiger partial charge in [0.15, 0.2) is 0 Å². The van der Waals surface area contributed by atoms with E-state index in [1.54, 1.807) is 11.3 Å². The summed E-state index contributed by atoms with van der Waals surface area (Å²) in [7, 11) is 0. The highest BCUT2D eigenvalue weighted by Gasteiger charge is 2.41. The van der Waals surface area contributed by atoms with Crippen molar-refractivity contribution in [2.45, 2.75) is 38.0 Å². The first-order chi connectivity index (χ1) is 9.22. The molecule has 2 aliphatic rings. The molecule has 0 aromatic carbocycles. The highest BCUT2D eigenvalue weighted by Crippen LogP contribution is 2.38. The first-order valence-corrected chi connectivity index (χ1v) is 8.23. The van der Waals surface area contributed by atoms with Crippen LogP contribution < -0.4 is 10.6 Å². The lowest BCUT2D eigenvalue weighted by atomic mass is 10.1. The van der Waals surface area contributed by atoms with Crippen molar-refractivity contribution in [1.82, 2.24) is 10.6 Å². The van der Waals surface area contributed by atoms with Gasteiger partial charge in [-0.25, -0.2) is 4.79 Å². The van der Waals surface area contributed by atoms with Gasteiger partial charge >= 0.3 is 6.03 Å². The molecule has 1 saturated heterocycles. The van der Waals surface area contributed by atoms with E-state index in [9.17, 15) is 4.79 Å². The molecular weight excluding hydrogens is 328 g/mol. The standard InChI is InChI=1S/C13H17BrN2O2S/c14-11-4-3-9(19-11)7-15-13(17)16-10-5-6-18-12(10)8-1-2-8/h3-4,8,10,12H,1-2,5-7H2,(H2,15,16,17)/t10-,12-/m0/s1. The van der Waals surface area contributed by atoms with Crippen molar-refractivity contribution in [3.63, 3.8) is 0 Å². The van der Waals surface area contributed by atoms with Gasteiger partial charge in [-0.2, -0.15) is 0 Å². The smallest absolute Gasteiger partial charge is 0.315 e. The molecule has 3 rings (SSSR count). The van der Waals surface area contributed by atoms with Crippen LogP contribution in [0.1, 0.15) is 24.1 Å². The molecule has 0 bridgehead atoms. The summed E-state index contributed by atoms with van der Waals surface area (Å²) in [6.45, 7) is 1.34. The molecule has 1 aliphatic heterocycles. The Morgan fingerprint density at radius 3 is 2.95 bits per heavy atom. The number of hydrogen-bond donors (Lipinski definition) is 2. The van der Waals surface area contributed by atoms with Crippen LogP contribution in [-0.2, 0) is 11.3 Å². The minimum atomic E-state index is -0.0920. The Labute approximate surface area is 125 Å². The van der Waals surface area contributed by atoms with E-state index in [1.165, 1.54) is 12.8 Å². The second kappa shape index (κ2) is 5.81. The quantitative estimate of drug-likeness (QED) is 0.882. The van der Waals surface area contributed by atoms with Gasteiger partial charge in [-0.15, -0.1) is 11.3 Å². The lowest BCUT2D eigenvalue weighted by molar-refractivity contribution is 0.0825. The largest absolute Gasteiger partial charge is 0.376 e. The van der Waals surface area contributed by atoms with E-state index in [0.717, 1.165) is 21.7 Å². The van der Waals surface area contributed by atoms with Gasteiger partial charge in [-0.1, -0.05) is 0 Å². The van der Waals surface area contributed by atoms with Crippen molar-refractivity contribution in [2.24, 2.45) is 5.92 Å². The maximum atomic E-state index is 11.9. The molecule has 4 nitrogen and oxygen atoms in total. The van der Waals surface area contributed by atoms with Gasteiger partial charge in [0.25, 0.3) is 0 Å². The van der Waals surface area contributed by atoms with Gasteiger partial charge in [0, 0.05) is 11.5 Å².